The maximum Gasteiger partial charge on any atom is 0.148 e. The number of nitrogens with one attached hydrogen (secondary N) is 2. The van der Waals surface area contributed by atoms with Crippen molar-refractivity contribution in [3.8, 4) is 11.3 Å². The zero-order chi connectivity index (χ0) is 19.7. The molecule has 2 aromatic carbocycles. The Morgan fingerprint density at radius 3 is 2.50 bits per heavy atom. The number of benzene rings is 2. The molecule has 28 heavy (non-hydrogen) atoms. The third-order valence-electron chi connectivity index (χ3n) is 5.05. The second-order valence-corrected chi connectivity index (χ2v) is 7.62. The van der Waals surface area contributed by atoms with Gasteiger partial charge in [-0.2, -0.15) is 5.10 Å². The minimum Gasteiger partial charge on any atom is -0.368 e. The second kappa shape index (κ2) is 7.03. The summed E-state index contributed by atoms with van der Waals surface area (Å²) in [5.74, 6) is 0.481. The summed E-state index contributed by atoms with van der Waals surface area (Å²) < 4.78 is 13.2. The lowest BCUT2D eigenvalue weighted by atomic mass is 9.84. The molecule has 0 bridgehead atoms. The van der Waals surface area contributed by atoms with Crippen molar-refractivity contribution in [1.29, 1.82) is 0 Å². The Bertz CT molecular complexity index is 1100. The summed E-state index contributed by atoms with van der Waals surface area (Å²) in [6, 6.07) is 16.6. The van der Waals surface area contributed by atoms with Crippen LogP contribution in [0.4, 0.5) is 10.2 Å². The first-order valence-electron chi connectivity index (χ1n) is 9.21. The highest BCUT2D eigenvalue weighted by atomic mass is 19.1. The minimum atomic E-state index is -0.225. The quantitative estimate of drug-likeness (QED) is 0.523. The van der Waals surface area contributed by atoms with Gasteiger partial charge in [0.05, 0.1) is 16.9 Å². The van der Waals surface area contributed by atoms with E-state index in [4.69, 9.17) is 0 Å². The van der Waals surface area contributed by atoms with Crippen molar-refractivity contribution in [3.05, 3.63) is 71.7 Å². The maximum atomic E-state index is 13.2. The fourth-order valence-electron chi connectivity index (χ4n) is 3.21. The third-order valence-corrected chi connectivity index (χ3v) is 5.05. The third kappa shape index (κ3) is 3.58. The number of H-pyrrole nitrogens is 1. The monoisotopic (exact) mass is 375 g/mol. The predicted molar refractivity (Wildman–Crippen MR) is 110 cm³/mol. The smallest absolute Gasteiger partial charge is 0.148 e. The summed E-state index contributed by atoms with van der Waals surface area (Å²) in [7, 11) is 0. The number of aromatic nitrogens is 4. The number of aryl methyl sites for hydroxylation is 1. The molecule has 6 heteroatoms. The summed E-state index contributed by atoms with van der Waals surface area (Å²) in [5, 5.41) is 20.4. The van der Waals surface area contributed by atoms with Crippen LogP contribution in [0.3, 0.4) is 0 Å². The van der Waals surface area contributed by atoms with Crippen LogP contribution in [-0.2, 0) is 5.41 Å². The van der Waals surface area contributed by atoms with Crippen molar-refractivity contribution in [3.63, 3.8) is 0 Å². The molecule has 0 radical (unpaired) electrons. The van der Waals surface area contributed by atoms with Crippen LogP contribution in [0, 0.1) is 12.7 Å². The van der Waals surface area contributed by atoms with E-state index in [-0.39, 0.29) is 11.2 Å². The highest BCUT2D eigenvalue weighted by Crippen LogP contribution is 2.25. The molecule has 0 amide bonds. The number of hydrogen-bond acceptors (Lipinski definition) is 4. The summed E-state index contributed by atoms with van der Waals surface area (Å²) >= 11 is 0. The number of aromatic amines is 1. The fourth-order valence-corrected chi connectivity index (χ4v) is 3.21. The zero-order valence-electron chi connectivity index (χ0n) is 16.1. The van der Waals surface area contributed by atoms with Crippen LogP contribution in [0.2, 0.25) is 0 Å². The van der Waals surface area contributed by atoms with E-state index in [2.05, 4.69) is 39.6 Å². The molecule has 0 atom stereocenters. The number of fused-ring (bicyclic) bond motifs is 1. The van der Waals surface area contributed by atoms with Gasteiger partial charge < -0.3 is 5.32 Å². The Labute approximate surface area is 163 Å². The van der Waals surface area contributed by atoms with Crippen molar-refractivity contribution in [2.45, 2.75) is 26.2 Å². The van der Waals surface area contributed by atoms with Crippen LogP contribution < -0.4 is 5.32 Å². The standard InChI is InChI=1S/C22H22FN5/c1-14-18-9-4-15(12-20(18)27-25-14)19-10-11-21(28-26-19)24-13-22(2,3)16-5-7-17(23)8-6-16/h4-12H,13H2,1-3H3,(H,24,28)(H,25,27). The molecule has 5 nitrogen and oxygen atoms in total. The van der Waals surface area contributed by atoms with Crippen LogP contribution in [0.5, 0.6) is 0 Å². The number of hydrogen-bond donors (Lipinski definition) is 2. The van der Waals surface area contributed by atoms with Gasteiger partial charge in [0.1, 0.15) is 11.6 Å². The fraction of sp³-hybridized carbons (Fsp3) is 0.227. The topological polar surface area (TPSA) is 66.5 Å². The van der Waals surface area contributed by atoms with E-state index >= 15 is 0 Å². The van der Waals surface area contributed by atoms with Gasteiger partial charge in [-0.25, -0.2) is 4.39 Å². The van der Waals surface area contributed by atoms with Crippen molar-refractivity contribution in [2.75, 3.05) is 11.9 Å². The van der Waals surface area contributed by atoms with E-state index in [0.717, 1.165) is 33.4 Å². The second-order valence-electron chi connectivity index (χ2n) is 7.62. The van der Waals surface area contributed by atoms with Gasteiger partial charge in [0.2, 0.25) is 0 Å². The largest absolute Gasteiger partial charge is 0.368 e. The summed E-state index contributed by atoms with van der Waals surface area (Å²) in [5.41, 5.74) is 4.65. The Morgan fingerprint density at radius 2 is 1.79 bits per heavy atom. The van der Waals surface area contributed by atoms with E-state index in [9.17, 15) is 4.39 Å². The predicted octanol–water partition coefficient (Wildman–Crippen LogP) is 4.86. The molecule has 0 spiro atoms. The molecule has 0 aliphatic carbocycles. The van der Waals surface area contributed by atoms with Gasteiger partial charge in [-0.05, 0) is 42.8 Å². The number of anilines is 1. The molecule has 2 aromatic heterocycles. The molecule has 0 saturated carbocycles. The van der Waals surface area contributed by atoms with E-state index in [1.165, 1.54) is 12.1 Å². The van der Waals surface area contributed by atoms with E-state index in [1.807, 2.05) is 49.4 Å². The van der Waals surface area contributed by atoms with Crippen molar-refractivity contribution < 1.29 is 4.39 Å². The summed E-state index contributed by atoms with van der Waals surface area (Å²) in [6.45, 7) is 6.85. The minimum absolute atomic E-state index is 0.169. The molecule has 0 unspecified atom stereocenters. The maximum absolute atomic E-state index is 13.2. The van der Waals surface area contributed by atoms with Gasteiger partial charge >= 0.3 is 0 Å². The first-order chi connectivity index (χ1) is 13.4. The van der Waals surface area contributed by atoms with Gasteiger partial charge in [0.25, 0.3) is 0 Å². The molecule has 0 fully saturated rings. The van der Waals surface area contributed by atoms with E-state index < -0.39 is 0 Å². The normalized spacial score (nSPS) is 11.7. The molecule has 4 aromatic rings. The average molecular weight is 375 g/mol. The van der Waals surface area contributed by atoms with Crippen LogP contribution in [-0.4, -0.2) is 26.9 Å². The van der Waals surface area contributed by atoms with Crippen molar-refractivity contribution >= 4 is 16.7 Å². The lowest BCUT2D eigenvalue weighted by molar-refractivity contribution is 0.552. The highest BCUT2D eigenvalue weighted by Gasteiger charge is 2.20. The van der Waals surface area contributed by atoms with Gasteiger partial charge in [-0.1, -0.05) is 38.1 Å². The van der Waals surface area contributed by atoms with Gasteiger partial charge in [0.15, 0.2) is 0 Å². The molecule has 0 aliphatic rings. The van der Waals surface area contributed by atoms with Crippen molar-refractivity contribution in [1.82, 2.24) is 20.4 Å². The Kier molecular flexibility index (Phi) is 4.55. The summed E-state index contributed by atoms with van der Waals surface area (Å²) in [4.78, 5) is 0. The molecule has 4 rings (SSSR count). The average Bonchev–Trinajstić information content (AvgIpc) is 3.07. The first kappa shape index (κ1) is 18.1. The van der Waals surface area contributed by atoms with Gasteiger partial charge in [-0.15, -0.1) is 10.2 Å². The lowest BCUT2D eigenvalue weighted by Gasteiger charge is -2.25. The first-order valence-corrected chi connectivity index (χ1v) is 9.21. The SMILES string of the molecule is Cc1n[nH]c2cc(-c3ccc(NCC(C)(C)c4ccc(F)cc4)nn3)ccc12. The van der Waals surface area contributed by atoms with Crippen LogP contribution in [0.25, 0.3) is 22.2 Å². The van der Waals surface area contributed by atoms with Crippen LogP contribution in [0.15, 0.2) is 54.6 Å². The van der Waals surface area contributed by atoms with Crippen molar-refractivity contribution in [2.24, 2.45) is 0 Å². The highest BCUT2D eigenvalue weighted by molar-refractivity contribution is 5.85. The zero-order valence-corrected chi connectivity index (χ0v) is 16.1. The molecule has 2 N–H and O–H groups in total. The van der Waals surface area contributed by atoms with E-state index in [0.29, 0.717) is 12.4 Å². The lowest BCUT2D eigenvalue weighted by Crippen LogP contribution is -2.28. The van der Waals surface area contributed by atoms with Gasteiger partial charge in [-0.3, -0.25) is 5.10 Å². The molecule has 142 valence electrons. The Morgan fingerprint density at radius 1 is 1.00 bits per heavy atom. The van der Waals surface area contributed by atoms with Crippen LogP contribution in [0.1, 0.15) is 25.1 Å². The molecular weight excluding hydrogens is 353 g/mol. The molecule has 0 saturated heterocycles. The molecular formula is C22H22FN5. The Balaban J connectivity index is 1.47. The number of nitrogens with zero attached hydrogens (tertiary/aromatic N) is 3. The van der Waals surface area contributed by atoms with Gasteiger partial charge in [0, 0.05) is 22.9 Å². The van der Waals surface area contributed by atoms with Crippen LogP contribution >= 0.6 is 0 Å². The Hall–Kier alpha value is -3.28. The van der Waals surface area contributed by atoms with E-state index in [1.54, 1.807) is 0 Å². The summed E-state index contributed by atoms with van der Waals surface area (Å²) in [6.07, 6.45) is 0. The number of rotatable bonds is 5. The molecule has 2 heterocycles. The molecule has 0 aliphatic heterocycles. The number of halogens is 1.